The van der Waals surface area contributed by atoms with Crippen LogP contribution in [0.1, 0.15) is 43.1 Å². The standard InChI is InChI=1S/C23H27NO5/c1-23(2,3)29-22(26)24-14-13-20(15-24)28-19-11-9-18(10-12-19)21(25)27-16-17-7-5-4-6-8-17/h4-12,20H,13-16H2,1-3H3/t20-/m1/s1. The Morgan fingerprint density at radius 3 is 2.38 bits per heavy atom. The lowest BCUT2D eigenvalue weighted by atomic mass is 10.2. The number of carbonyl (C=O) groups is 2. The average molecular weight is 397 g/mol. The van der Waals surface area contributed by atoms with Crippen molar-refractivity contribution in [1.29, 1.82) is 0 Å². The summed E-state index contributed by atoms with van der Waals surface area (Å²) in [4.78, 5) is 26.0. The zero-order valence-corrected chi connectivity index (χ0v) is 17.1. The molecule has 1 aliphatic heterocycles. The van der Waals surface area contributed by atoms with Crippen LogP contribution in [0.25, 0.3) is 0 Å². The third kappa shape index (κ3) is 6.24. The molecule has 1 atom stereocenters. The number of carbonyl (C=O) groups excluding carboxylic acids is 2. The summed E-state index contributed by atoms with van der Waals surface area (Å²) in [6, 6.07) is 16.4. The van der Waals surface area contributed by atoms with Gasteiger partial charge in [-0.25, -0.2) is 9.59 Å². The zero-order chi connectivity index (χ0) is 20.9. The highest BCUT2D eigenvalue weighted by Crippen LogP contribution is 2.21. The molecular weight excluding hydrogens is 370 g/mol. The highest BCUT2D eigenvalue weighted by atomic mass is 16.6. The van der Waals surface area contributed by atoms with Gasteiger partial charge in [0.2, 0.25) is 0 Å². The van der Waals surface area contributed by atoms with E-state index < -0.39 is 5.60 Å². The van der Waals surface area contributed by atoms with Crippen molar-refractivity contribution in [1.82, 2.24) is 4.90 Å². The summed E-state index contributed by atoms with van der Waals surface area (Å²) in [7, 11) is 0. The highest BCUT2D eigenvalue weighted by Gasteiger charge is 2.30. The molecule has 2 aromatic rings. The number of benzene rings is 2. The molecule has 0 bridgehead atoms. The van der Waals surface area contributed by atoms with Crippen LogP contribution in [0, 0.1) is 0 Å². The Bertz CT molecular complexity index is 827. The SMILES string of the molecule is CC(C)(C)OC(=O)N1CC[C@@H](Oc2ccc(C(=O)OCc3ccccc3)cc2)C1. The number of amides is 1. The summed E-state index contributed by atoms with van der Waals surface area (Å²) in [5.41, 5.74) is 0.896. The Hall–Kier alpha value is -3.02. The molecule has 1 fully saturated rings. The van der Waals surface area contributed by atoms with Gasteiger partial charge < -0.3 is 19.1 Å². The lowest BCUT2D eigenvalue weighted by Gasteiger charge is -2.24. The van der Waals surface area contributed by atoms with Gasteiger partial charge in [-0.3, -0.25) is 0 Å². The van der Waals surface area contributed by atoms with E-state index >= 15 is 0 Å². The minimum Gasteiger partial charge on any atom is -0.489 e. The van der Waals surface area contributed by atoms with Crippen molar-refractivity contribution in [3.05, 3.63) is 65.7 Å². The third-order valence-electron chi connectivity index (χ3n) is 4.40. The van der Waals surface area contributed by atoms with Crippen LogP contribution in [-0.4, -0.2) is 41.8 Å². The van der Waals surface area contributed by atoms with Crippen molar-refractivity contribution in [2.75, 3.05) is 13.1 Å². The van der Waals surface area contributed by atoms with Crippen molar-refractivity contribution in [2.45, 2.75) is 45.5 Å². The summed E-state index contributed by atoms with van der Waals surface area (Å²) >= 11 is 0. The van der Waals surface area contributed by atoms with Crippen molar-refractivity contribution >= 4 is 12.1 Å². The molecule has 0 unspecified atom stereocenters. The van der Waals surface area contributed by atoms with Crippen molar-refractivity contribution in [2.24, 2.45) is 0 Å². The van der Waals surface area contributed by atoms with Crippen LogP contribution >= 0.6 is 0 Å². The van der Waals surface area contributed by atoms with Gasteiger partial charge in [-0.15, -0.1) is 0 Å². The summed E-state index contributed by atoms with van der Waals surface area (Å²) < 4.78 is 16.7. The molecule has 1 saturated heterocycles. The van der Waals surface area contributed by atoms with Crippen molar-refractivity contribution in [3.63, 3.8) is 0 Å². The van der Waals surface area contributed by atoms with Gasteiger partial charge in [-0.05, 0) is 50.6 Å². The first kappa shape index (κ1) is 20.7. The predicted octanol–water partition coefficient (Wildman–Crippen LogP) is 4.43. The van der Waals surface area contributed by atoms with Crippen LogP contribution in [-0.2, 0) is 16.1 Å². The Labute approximate surface area is 171 Å². The third-order valence-corrected chi connectivity index (χ3v) is 4.40. The fourth-order valence-electron chi connectivity index (χ4n) is 2.99. The topological polar surface area (TPSA) is 65.1 Å². The van der Waals surface area contributed by atoms with Gasteiger partial charge in [-0.1, -0.05) is 30.3 Å². The lowest BCUT2D eigenvalue weighted by Crippen LogP contribution is -2.36. The lowest BCUT2D eigenvalue weighted by molar-refractivity contribution is 0.0275. The fraction of sp³-hybridized carbons (Fsp3) is 0.391. The molecule has 6 nitrogen and oxygen atoms in total. The van der Waals surface area contributed by atoms with E-state index in [2.05, 4.69) is 0 Å². The molecule has 0 radical (unpaired) electrons. The van der Waals surface area contributed by atoms with Gasteiger partial charge in [0.15, 0.2) is 0 Å². The summed E-state index contributed by atoms with van der Waals surface area (Å²) in [5.74, 6) is 0.276. The molecule has 0 aromatic heterocycles. The van der Waals surface area contributed by atoms with Crippen LogP contribution in [0.5, 0.6) is 5.75 Å². The molecule has 1 amide bonds. The van der Waals surface area contributed by atoms with Crippen LogP contribution in [0.2, 0.25) is 0 Å². The van der Waals surface area contributed by atoms with Gasteiger partial charge in [-0.2, -0.15) is 0 Å². The molecule has 2 aromatic carbocycles. The Morgan fingerprint density at radius 1 is 1.03 bits per heavy atom. The first-order valence-electron chi connectivity index (χ1n) is 9.76. The average Bonchev–Trinajstić information content (AvgIpc) is 3.15. The van der Waals surface area contributed by atoms with Gasteiger partial charge in [0.25, 0.3) is 0 Å². The Balaban J connectivity index is 1.48. The monoisotopic (exact) mass is 397 g/mol. The normalized spacial score (nSPS) is 16.4. The van der Waals surface area contributed by atoms with Crippen LogP contribution in [0.15, 0.2) is 54.6 Å². The van der Waals surface area contributed by atoms with E-state index in [-0.39, 0.29) is 24.8 Å². The van der Waals surface area contributed by atoms with Gasteiger partial charge in [0, 0.05) is 13.0 Å². The molecule has 154 valence electrons. The second-order valence-electron chi connectivity index (χ2n) is 8.04. The van der Waals surface area contributed by atoms with Crippen molar-refractivity contribution in [3.8, 4) is 5.75 Å². The maximum Gasteiger partial charge on any atom is 0.410 e. The predicted molar refractivity (Wildman–Crippen MR) is 109 cm³/mol. The molecule has 0 aliphatic carbocycles. The number of hydrogen-bond acceptors (Lipinski definition) is 5. The number of rotatable bonds is 5. The number of nitrogens with zero attached hydrogens (tertiary/aromatic N) is 1. The van der Waals surface area contributed by atoms with Crippen molar-refractivity contribution < 1.29 is 23.8 Å². The summed E-state index contributed by atoms with van der Waals surface area (Å²) in [5, 5.41) is 0. The van der Waals surface area contributed by atoms with Gasteiger partial charge >= 0.3 is 12.1 Å². The molecule has 0 saturated carbocycles. The maximum atomic E-state index is 12.2. The maximum absolute atomic E-state index is 12.2. The van der Waals surface area contributed by atoms with Crippen LogP contribution < -0.4 is 4.74 Å². The second-order valence-corrected chi connectivity index (χ2v) is 8.04. The number of hydrogen-bond donors (Lipinski definition) is 0. The molecule has 6 heteroatoms. The molecule has 1 heterocycles. The molecule has 0 N–H and O–H groups in total. The van der Waals surface area contributed by atoms with E-state index in [1.165, 1.54) is 0 Å². The van der Waals surface area contributed by atoms with E-state index in [9.17, 15) is 9.59 Å². The number of likely N-dealkylation sites (tertiary alicyclic amines) is 1. The quantitative estimate of drug-likeness (QED) is 0.698. The Kier molecular flexibility index (Phi) is 6.42. The van der Waals surface area contributed by atoms with Crippen LogP contribution in [0.4, 0.5) is 4.79 Å². The number of ether oxygens (including phenoxy) is 3. The smallest absolute Gasteiger partial charge is 0.410 e. The first-order chi connectivity index (χ1) is 13.8. The molecule has 29 heavy (non-hydrogen) atoms. The summed E-state index contributed by atoms with van der Waals surface area (Å²) in [6.07, 6.45) is 0.318. The first-order valence-corrected chi connectivity index (χ1v) is 9.76. The molecule has 1 aliphatic rings. The fourth-order valence-corrected chi connectivity index (χ4v) is 2.99. The minimum absolute atomic E-state index is 0.0987. The number of esters is 1. The minimum atomic E-state index is -0.513. The van der Waals surface area contributed by atoms with Gasteiger partial charge in [0.1, 0.15) is 24.1 Å². The van der Waals surface area contributed by atoms with E-state index in [0.717, 1.165) is 12.0 Å². The van der Waals surface area contributed by atoms with E-state index in [4.69, 9.17) is 14.2 Å². The van der Waals surface area contributed by atoms with Crippen LogP contribution in [0.3, 0.4) is 0 Å². The van der Waals surface area contributed by atoms with E-state index in [1.807, 2.05) is 51.1 Å². The molecular formula is C23H27NO5. The van der Waals surface area contributed by atoms with Gasteiger partial charge in [0.05, 0.1) is 12.1 Å². The molecule has 0 spiro atoms. The van der Waals surface area contributed by atoms with E-state index in [0.29, 0.717) is 24.4 Å². The Morgan fingerprint density at radius 2 is 1.72 bits per heavy atom. The second kappa shape index (κ2) is 8.99. The largest absolute Gasteiger partial charge is 0.489 e. The van der Waals surface area contributed by atoms with E-state index in [1.54, 1.807) is 29.2 Å². The highest BCUT2D eigenvalue weighted by molar-refractivity contribution is 5.89. The molecule has 3 rings (SSSR count). The summed E-state index contributed by atoms with van der Waals surface area (Å²) in [6.45, 7) is 6.86. The zero-order valence-electron chi connectivity index (χ0n) is 17.1.